The summed E-state index contributed by atoms with van der Waals surface area (Å²) in [6, 6.07) is 11.8. The third kappa shape index (κ3) is 2.55. The van der Waals surface area contributed by atoms with Crippen molar-refractivity contribution in [1.29, 1.82) is 0 Å². The second-order valence-corrected chi connectivity index (χ2v) is 6.68. The lowest BCUT2D eigenvalue weighted by Gasteiger charge is -2.18. The molecule has 1 aliphatic heterocycles. The van der Waals surface area contributed by atoms with Crippen molar-refractivity contribution in [2.24, 2.45) is 0 Å². The van der Waals surface area contributed by atoms with Crippen molar-refractivity contribution in [3.63, 3.8) is 0 Å². The average molecular weight is 391 g/mol. The molecular weight excluding hydrogens is 379 g/mol. The number of halogens is 2. The molecule has 26 heavy (non-hydrogen) atoms. The quantitative estimate of drug-likeness (QED) is 0.485. The van der Waals surface area contributed by atoms with E-state index in [0.717, 1.165) is 0 Å². The molecule has 0 saturated carbocycles. The second-order valence-electron chi connectivity index (χ2n) is 5.83. The standard InChI is InChI=1S/C19H12Cl2O5/c1-24-19(23)17-14(10-7-6-9(20)8-12(10)21)15-16(26-17)11-4-2-3-5-13(11)25-18(15)22/h2-8,14,17H,1H3/t14-,17-/m0/s1. The molecule has 1 aromatic heterocycles. The smallest absolute Gasteiger partial charge is 0.348 e. The van der Waals surface area contributed by atoms with Crippen molar-refractivity contribution < 1.29 is 18.7 Å². The van der Waals surface area contributed by atoms with E-state index in [0.29, 0.717) is 32.3 Å². The van der Waals surface area contributed by atoms with Crippen LogP contribution in [0.5, 0.6) is 5.75 Å². The van der Waals surface area contributed by atoms with Crippen LogP contribution >= 0.6 is 23.2 Å². The van der Waals surface area contributed by atoms with Crippen LogP contribution < -0.4 is 10.4 Å². The van der Waals surface area contributed by atoms with Gasteiger partial charge in [0.15, 0.2) is 0 Å². The van der Waals surface area contributed by atoms with Gasteiger partial charge in [-0.3, -0.25) is 0 Å². The molecule has 0 spiro atoms. The van der Waals surface area contributed by atoms with Crippen molar-refractivity contribution >= 4 is 40.1 Å². The van der Waals surface area contributed by atoms with Crippen LogP contribution in [-0.2, 0) is 9.53 Å². The highest BCUT2D eigenvalue weighted by Crippen LogP contribution is 2.46. The monoisotopic (exact) mass is 390 g/mol. The fourth-order valence-corrected chi connectivity index (χ4v) is 3.78. The molecular formula is C19H12Cl2O5. The molecule has 0 unspecified atom stereocenters. The maximum atomic E-state index is 12.7. The molecule has 0 bridgehead atoms. The normalized spacial score (nSPS) is 18.4. The molecule has 0 amide bonds. The number of hydrogen-bond acceptors (Lipinski definition) is 5. The van der Waals surface area contributed by atoms with E-state index in [2.05, 4.69) is 0 Å². The van der Waals surface area contributed by atoms with Gasteiger partial charge >= 0.3 is 11.6 Å². The minimum absolute atomic E-state index is 0.239. The summed E-state index contributed by atoms with van der Waals surface area (Å²) >= 11 is 12.3. The maximum absolute atomic E-state index is 12.7. The van der Waals surface area contributed by atoms with Crippen molar-refractivity contribution in [2.45, 2.75) is 12.0 Å². The predicted molar refractivity (Wildman–Crippen MR) is 97.2 cm³/mol. The minimum atomic E-state index is -1.05. The van der Waals surface area contributed by atoms with Gasteiger partial charge in [0.2, 0.25) is 6.10 Å². The molecule has 7 heteroatoms. The van der Waals surface area contributed by atoms with Gasteiger partial charge in [0.1, 0.15) is 11.3 Å². The number of carbonyl (C=O) groups is 1. The van der Waals surface area contributed by atoms with Gasteiger partial charge in [-0.1, -0.05) is 41.4 Å². The number of hydrogen-bond donors (Lipinski definition) is 0. The van der Waals surface area contributed by atoms with Crippen molar-refractivity contribution in [3.8, 4) is 5.75 Å². The van der Waals surface area contributed by atoms with Gasteiger partial charge in [-0.2, -0.15) is 0 Å². The largest absolute Gasteiger partial charge is 0.476 e. The molecule has 0 saturated heterocycles. The van der Waals surface area contributed by atoms with Gasteiger partial charge in [0, 0.05) is 10.0 Å². The number of methoxy groups -OCH3 is 1. The first-order valence-corrected chi connectivity index (χ1v) is 8.52. The molecule has 2 atom stereocenters. The third-order valence-corrected chi connectivity index (χ3v) is 4.95. The van der Waals surface area contributed by atoms with E-state index in [1.807, 2.05) is 0 Å². The fraction of sp³-hybridized carbons (Fsp3) is 0.158. The Hall–Kier alpha value is -2.50. The molecule has 0 aliphatic carbocycles. The summed E-state index contributed by atoms with van der Waals surface area (Å²) in [5.74, 6) is -1.06. The van der Waals surface area contributed by atoms with Crippen LogP contribution in [0.3, 0.4) is 0 Å². The molecule has 0 fully saturated rings. The third-order valence-electron chi connectivity index (χ3n) is 4.39. The fourth-order valence-electron chi connectivity index (χ4n) is 3.25. The Bertz CT molecular complexity index is 1090. The SMILES string of the molecule is COC(=O)[C@H]1Oc2c(c(=O)oc3ccccc23)[C@@H]1c1ccc(Cl)cc1Cl. The van der Waals surface area contributed by atoms with E-state index in [4.69, 9.17) is 37.1 Å². The highest BCUT2D eigenvalue weighted by molar-refractivity contribution is 6.35. The zero-order chi connectivity index (χ0) is 18.4. The van der Waals surface area contributed by atoms with Crippen molar-refractivity contribution in [2.75, 3.05) is 7.11 Å². The first kappa shape index (κ1) is 16.9. The van der Waals surface area contributed by atoms with Crippen molar-refractivity contribution in [3.05, 3.63) is 74.1 Å². The Morgan fingerprint density at radius 2 is 1.92 bits per heavy atom. The molecule has 3 aromatic rings. The van der Waals surface area contributed by atoms with E-state index in [-0.39, 0.29) is 5.56 Å². The molecule has 5 nitrogen and oxygen atoms in total. The molecule has 0 radical (unpaired) electrons. The van der Waals surface area contributed by atoms with Gasteiger partial charge in [-0.25, -0.2) is 9.59 Å². The highest BCUT2D eigenvalue weighted by Gasteiger charge is 2.45. The lowest BCUT2D eigenvalue weighted by atomic mass is 9.88. The molecule has 2 heterocycles. The molecule has 132 valence electrons. The van der Waals surface area contributed by atoms with Gasteiger partial charge < -0.3 is 13.9 Å². The number of esters is 1. The lowest BCUT2D eigenvalue weighted by Crippen LogP contribution is -2.32. The minimum Gasteiger partial charge on any atom is -0.476 e. The Kier molecular flexibility index (Phi) is 4.13. The Labute approximate surface area is 158 Å². The number of para-hydroxylation sites is 1. The lowest BCUT2D eigenvalue weighted by molar-refractivity contribution is -0.148. The Morgan fingerprint density at radius 3 is 2.65 bits per heavy atom. The first-order valence-electron chi connectivity index (χ1n) is 7.76. The molecule has 4 rings (SSSR count). The van der Waals surface area contributed by atoms with E-state index in [9.17, 15) is 9.59 Å². The van der Waals surface area contributed by atoms with E-state index in [1.54, 1.807) is 42.5 Å². The Balaban J connectivity index is 2.01. The van der Waals surface area contributed by atoms with Gasteiger partial charge in [0.05, 0.1) is 24.0 Å². The average Bonchev–Trinajstić information content (AvgIpc) is 3.02. The first-order chi connectivity index (χ1) is 12.5. The van der Waals surface area contributed by atoms with E-state index >= 15 is 0 Å². The second kappa shape index (κ2) is 6.34. The predicted octanol–water partition coefficient (Wildman–Crippen LogP) is 4.17. The number of benzene rings is 2. The summed E-state index contributed by atoms with van der Waals surface area (Å²) in [4.78, 5) is 25.0. The van der Waals surface area contributed by atoms with Crippen LogP contribution in [0.1, 0.15) is 17.0 Å². The molecule has 1 aliphatic rings. The maximum Gasteiger partial charge on any atom is 0.348 e. The van der Waals surface area contributed by atoms with Crippen molar-refractivity contribution in [1.82, 2.24) is 0 Å². The summed E-state index contributed by atoms with van der Waals surface area (Å²) in [6.45, 7) is 0. The van der Waals surface area contributed by atoms with Crippen LogP contribution in [-0.4, -0.2) is 19.2 Å². The van der Waals surface area contributed by atoms with Gasteiger partial charge in [-0.15, -0.1) is 0 Å². The van der Waals surface area contributed by atoms with Crippen LogP contribution in [0.4, 0.5) is 0 Å². The zero-order valence-electron chi connectivity index (χ0n) is 13.5. The number of carbonyl (C=O) groups excluding carboxylic acids is 1. The van der Waals surface area contributed by atoms with Gasteiger partial charge in [0.25, 0.3) is 0 Å². The van der Waals surface area contributed by atoms with E-state index < -0.39 is 23.6 Å². The number of fused-ring (bicyclic) bond motifs is 3. The summed E-state index contributed by atoms with van der Waals surface area (Å²) in [5, 5.41) is 1.36. The zero-order valence-corrected chi connectivity index (χ0v) is 15.0. The highest BCUT2D eigenvalue weighted by atomic mass is 35.5. The molecule has 0 N–H and O–H groups in total. The van der Waals surface area contributed by atoms with Gasteiger partial charge in [-0.05, 0) is 29.8 Å². The summed E-state index contributed by atoms with van der Waals surface area (Å²) in [7, 11) is 1.26. The molecule has 2 aromatic carbocycles. The van der Waals surface area contributed by atoms with Crippen LogP contribution in [0.15, 0.2) is 51.7 Å². The number of ether oxygens (including phenoxy) is 2. The van der Waals surface area contributed by atoms with Crippen LogP contribution in [0, 0.1) is 0 Å². The van der Waals surface area contributed by atoms with E-state index in [1.165, 1.54) is 7.11 Å². The summed E-state index contributed by atoms with van der Waals surface area (Å²) in [5.41, 5.74) is 0.569. The number of rotatable bonds is 2. The summed E-state index contributed by atoms with van der Waals surface area (Å²) < 4.78 is 16.2. The topological polar surface area (TPSA) is 65.7 Å². The Morgan fingerprint density at radius 1 is 1.15 bits per heavy atom. The summed E-state index contributed by atoms with van der Waals surface area (Å²) in [6.07, 6.45) is -1.05. The van der Waals surface area contributed by atoms with Crippen LogP contribution in [0.2, 0.25) is 10.0 Å². The van der Waals surface area contributed by atoms with Crippen LogP contribution in [0.25, 0.3) is 11.0 Å².